The van der Waals surface area contributed by atoms with E-state index in [9.17, 15) is 0 Å². The Labute approximate surface area is 125 Å². The van der Waals surface area contributed by atoms with Gasteiger partial charge in [0.05, 0.1) is 4.34 Å². The molecule has 1 nitrogen and oxygen atoms in total. The molecular weight excluding hydrogens is 274 g/mol. The van der Waals surface area contributed by atoms with Gasteiger partial charge in [0.25, 0.3) is 0 Å². The highest BCUT2D eigenvalue weighted by Gasteiger charge is 2.31. The van der Waals surface area contributed by atoms with Gasteiger partial charge in [-0.05, 0) is 49.7 Å². The van der Waals surface area contributed by atoms with Crippen LogP contribution in [0.3, 0.4) is 0 Å². The van der Waals surface area contributed by atoms with Crippen molar-refractivity contribution in [2.75, 3.05) is 6.54 Å². The van der Waals surface area contributed by atoms with E-state index >= 15 is 0 Å². The monoisotopic (exact) mass is 297 g/mol. The summed E-state index contributed by atoms with van der Waals surface area (Å²) in [6.45, 7) is 1.11. The molecule has 2 saturated carbocycles. The SMILES string of the molecule is Clc1ccc(CCNC2CCC3CCCCC3C2)s1. The van der Waals surface area contributed by atoms with Gasteiger partial charge in [-0.25, -0.2) is 0 Å². The molecule has 2 aliphatic carbocycles. The largest absolute Gasteiger partial charge is 0.314 e. The van der Waals surface area contributed by atoms with Gasteiger partial charge >= 0.3 is 0 Å². The van der Waals surface area contributed by atoms with Gasteiger partial charge in [0.15, 0.2) is 0 Å². The van der Waals surface area contributed by atoms with E-state index in [0.717, 1.165) is 35.2 Å². The molecule has 3 atom stereocenters. The van der Waals surface area contributed by atoms with Crippen LogP contribution in [0.4, 0.5) is 0 Å². The number of hydrogen-bond donors (Lipinski definition) is 1. The molecule has 2 aliphatic rings. The number of rotatable bonds is 4. The highest BCUT2D eigenvalue weighted by molar-refractivity contribution is 7.16. The van der Waals surface area contributed by atoms with E-state index in [1.54, 1.807) is 11.3 Å². The molecule has 1 aromatic heterocycles. The number of fused-ring (bicyclic) bond motifs is 1. The lowest BCUT2D eigenvalue weighted by atomic mass is 9.69. The lowest BCUT2D eigenvalue weighted by Crippen LogP contribution is -2.39. The summed E-state index contributed by atoms with van der Waals surface area (Å²) < 4.78 is 0.915. The average Bonchev–Trinajstić information content (AvgIpc) is 2.84. The third-order valence-electron chi connectivity index (χ3n) is 4.97. The van der Waals surface area contributed by atoms with Gasteiger partial charge in [-0.3, -0.25) is 0 Å². The standard InChI is InChI=1S/C16H24ClNS/c17-16-8-7-15(19-16)9-10-18-14-6-5-12-3-1-2-4-13(12)11-14/h7-8,12-14,18H,1-6,9-11H2. The first-order valence-corrected chi connectivity index (χ1v) is 8.98. The van der Waals surface area contributed by atoms with E-state index in [4.69, 9.17) is 11.6 Å². The van der Waals surface area contributed by atoms with Crippen molar-refractivity contribution in [3.63, 3.8) is 0 Å². The summed E-state index contributed by atoms with van der Waals surface area (Å²) in [5, 5.41) is 3.78. The van der Waals surface area contributed by atoms with Crippen LogP contribution in [-0.2, 0) is 6.42 Å². The third-order valence-corrected chi connectivity index (χ3v) is 6.26. The van der Waals surface area contributed by atoms with Crippen molar-refractivity contribution >= 4 is 22.9 Å². The topological polar surface area (TPSA) is 12.0 Å². The van der Waals surface area contributed by atoms with Crippen molar-refractivity contribution in [1.82, 2.24) is 5.32 Å². The minimum atomic E-state index is 0.773. The van der Waals surface area contributed by atoms with Crippen LogP contribution < -0.4 is 5.32 Å². The first-order valence-electron chi connectivity index (χ1n) is 7.79. The second-order valence-electron chi connectivity index (χ2n) is 6.22. The van der Waals surface area contributed by atoms with Crippen LogP contribution in [0.15, 0.2) is 12.1 Å². The number of nitrogens with one attached hydrogen (secondary N) is 1. The number of hydrogen-bond acceptors (Lipinski definition) is 2. The van der Waals surface area contributed by atoms with E-state index in [0.29, 0.717) is 0 Å². The van der Waals surface area contributed by atoms with Gasteiger partial charge < -0.3 is 5.32 Å². The summed E-state index contributed by atoms with van der Waals surface area (Å²) in [6, 6.07) is 4.94. The fourth-order valence-corrected chi connectivity index (χ4v) is 5.03. The Bertz CT molecular complexity index is 403. The Morgan fingerprint density at radius 2 is 1.95 bits per heavy atom. The fourth-order valence-electron chi connectivity index (χ4n) is 3.94. The Kier molecular flexibility index (Phi) is 4.83. The second-order valence-corrected chi connectivity index (χ2v) is 8.02. The lowest BCUT2D eigenvalue weighted by Gasteiger charge is -2.39. The van der Waals surface area contributed by atoms with Crippen LogP contribution in [0.1, 0.15) is 49.8 Å². The van der Waals surface area contributed by atoms with Gasteiger partial charge in [-0.1, -0.05) is 37.3 Å². The zero-order valence-corrected chi connectivity index (χ0v) is 13.1. The summed E-state index contributed by atoms with van der Waals surface area (Å²) in [4.78, 5) is 1.41. The second kappa shape index (κ2) is 6.60. The van der Waals surface area contributed by atoms with Crippen molar-refractivity contribution in [1.29, 1.82) is 0 Å². The van der Waals surface area contributed by atoms with E-state index < -0.39 is 0 Å². The molecule has 0 aliphatic heterocycles. The van der Waals surface area contributed by atoms with Crippen molar-refractivity contribution in [3.8, 4) is 0 Å². The summed E-state index contributed by atoms with van der Waals surface area (Å²) in [5.41, 5.74) is 0. The van der Waals surface area contributed by atoms with Crippen LogP contribution in [0.25, 0.3) is 0 Å². The Morgan fingerprint density at radius 3 is 2.74 bits per heavy atom. The maximum Gasteiger partial charge on any atom is 0.0931 e. The molecule has 2 fully saturated rings. The molecule has 1 N–H and O–H groups in total. The van der Waals surface area contributed by atoms with E-state index in [-0.39, 0.29) is 0 Å². The molecule has 1 aromatic rings. The minimum Gasteiger partial charge on any atom is -0.314 e. The van der Waals surface area contributed by atoms with E-state index in [1.165, 1.54) is 49.8 Å². The maximum absolute atomic E-state index is 5.96. The normalized spacial score (nSPS) is 31.1. The number of halogens is 1. The molecule has 0 radical (unpaired) electrons. The predicted molar refractivity (Wildman–Crippen MR) is 84.1 cm³/mol. The van der Waals surface area contributed by atoms with Crippen LogP contribution >= 0.6 is 22.9 Å². The third kappa shape index (κ3) is 3.74. The summed E-state index contributed by atoms with van der Waals surface area (Å²) in [5.74, 6) is 2.08. The van der Waals surface area contributed by atoms with Crippen molar-refractivity contribution in [3.05, 3.63) is 21.3 Å². The smallest absolute Gasteiger partial charge is 0.0931 e. The molecule has 19 heavy (non-hydrogen) atoms. The van der Waals surface area contributed by atoms with Gasteiger partial charge in [0.2, 0.25) is 0 Å². The molecule has 0 amide bonds. The minimum absolute atomic E-state index is 0.773. The Morgan fingerprint density at radius 1 is 1.11 bits per heavy atom. The molecule has 0 spiro atoms. The molecule has 3 rings (SSSR count). The van der Waals surface area contributed by atoms with Crippen molar-refractivity contribution in [2.45, 2.75) is 57.4 Å². The predicted octanol–water partition coefficient (Wildman–Crippen LogP) is 4.89. The highest BCUT2D eigenvalue weighted by Crippen LogP contribution is 2.40. The van der Waals surface area contributed by atoms with E-state index in [2.05, 4.69) is 11.4 Å². The molecule has 0 aromatic carbocycles. The summed E-state index contributed by atoms with van der Waals surface area (Å²) in [6.07, 6.45) is 11.4. The van der Waals surface area contributed by atoms with Gasteiger partial charge in [-0.2, -0.15) is 0 Å². The quantitative estimate of drug-likeness (QED) is 0.834. The maximum atomic E-state index is 5.96. The van der Waals surface area contributed by atoms with Crippen molar-refractivity contribution < 1.29 is 0 Å². The zero-order chi connectivity index (χ0) is 13.1. The molecule has 3 heteroatoms. The zero-order valence-electron chi connectivity index (χ0n) is 11.5. The number of thiophene rings is 1. The van der Waals surface area contributed by atoms with Crippen LogP contribution in [0, 0.1) is 11.8 Å². The summed E-state index contributed by atoms with van der Waals surface area (Å²) in [7, 11) is 0. The molecule has 3 unspecified atom stereocenters. The first kappa shape index (κ1) is 13.9. The molecule has 1 heterocycles. The van der Waals surface area contributed by atoms with Gasteiger partial charge in [0, 0.05) is 17.5 Å². The first-order chi connectivity index (χ1) is 9.31. The lowest BCUT2D eigenvalue weighted by molar-refractivity contribution is 0.144. The van der Waals surface area contributed by atoms with Crippen LogP contribution in [-0.4, -0.2) is 12.6 Å². The summed E-state index contributed by atoms with van der Waals surface area (Å²) >= 11 is 7.68. The molecule has 106 valence electrons. The average molecular weight is 298 g/mol. The molecule has 0 bridgehead atoms. The fraction of sp³-hybridized carbons (Fsp3) is 0.750. The Balaban J connectivity index is 1.41. The highest BCUT2D eigenvalue weighted by atomic mass is 35.5. The Hall–Kier alpha value is -0.0500. The van der Waals surface area contributed by atoms with Gasteiger partial charge in [0.1, 0.15) is 0 Å². The van der Waals surface area contributed by atoms with Crippen molar-refractivity contribution in [2.24, 2.45) is 11.8 Å². The van der Waals surface area contributed by atoms with Crippen LogP contribution in [0.2, 0.25) is 4.34 Å². The van der Waals surface area contributed by atoms with Gasteiger partial charge in [-0.15, -0.1) is 11.3 Å². The van der Waals surface area contributed by atoms with Crippen LogP contribution in [0.5, 0.6) is 0 Å². The molecular formula is C16H24ClNS. The molecule has 0 saturated heterocycles. The van der Waals surface area contributed by atoms with E-state index in [1.807, 2.05) is 6.07 Å².